The van der Waals surface area contributed by atoms with E-state index in [4.69, 9.17) is 0 Å². The zero-order valence-corrected chi connectivity index (χ0v) is 9.43. The van der Waals surface area contributed by atoms with Crippen molar-refractivity contribution < 1.29 is 8.91 Å². The molecule has 0 aliphatic carbocycles. The number of aromatic nitrogens is 3. The van der Waals surface area contributed by atoms with E-state index in [1.807, 2.05) is 6.92 Å². The Kier molecular flexibility index (Phi) is 3.77. The SMILES string of the molecule is CCC(NCc1ncon1)c1ccc(F)cn1. The van der Waals surface area contributed by atoms with Crippen LogP contribution in [0.4, 0.5) is 4.39 Å². The van der Waals surface area contributed by atoms with Gasteiger partial charge in [-0.1, -0.05) is 12.1 Å². The molecule has 90 valence electrons. The second-order valence-corrected chi connectivity index (χ2v) is 3.59. The summed E-state index contributed by atoms with van der Waals surface area (Å²) >= 11 is 0. The Balaban J connectivity index is 1.99. The predicted octanol–water partition coefficient (Wildman–Crippen LogP) is 1.84. The lowest BCUT2D eigenvalue weighted by atomic mass is 10.1. The first-order valence-corrected chi connectivity index (χ1v) is 5.39. The molecule has 2 aromatic heterocycles. The summed E-state index contributed by atoms with van der Waals surface area (Å²) in [6, 6.07) is 3.13. The lowest BCUT2D eigenvalue weighted by Crippen LogP contribution is -2.21. The molecule has 0 spiro atoms. The molecule has 0 aromatic carbocycles. The van der Waals surface area contributed by atoms with Crippen LogP contribution in [-0.4, -0.2) is 15.1 Å². The topological polar surface area (TPSA) is 63.8 Å². The van der Waals surface area contributed by atoms with Crippen molar-refractivity contribution >= 4 is 0 Å². The average Bonchev–Trinajstić information content (AvgIpc) is 2.85. The maximum absolute atomic E-state index is 12.7. The van der Waals surface area contributed by atoms with Gasteiger partial charge in [0.2, 0.25) is 6.39 Å². The summed E-state index contributed by atoms with van der Waals surface area (Å²) in [7, 11) is 0. The first-order chi connectivity index (χ1) is 8.29. The molecular weight excluding hydrogens is 223 g/mol. The minimum absolute atomic E-state index is 0.0501. The normalized spacial score (nSPS) is 12.6. The van der Waals surface area contributed by atoms with Gasteiger partial charge in [0.25, 0.3) is 0 Å². The third-order valence-electron chi connectivity index (χ3n) is 2.43. The molecule has 0 aliphatic heterocycles. The van der Waals surface area contributed by atoms with E-state index in [2.05, 4.69) is 25.0 Å². The van der Waals surface area contributed by atoms with Gasteiger partial charge in [0.1, 0.15) is 5.82 Å². The maximum atomic E-state index is 12.7. The van der Waals surface area contributed by atoms with Crippen LogP contribution in [0.15, 0.2) is 29.2 Å². The molecule has 0 radical (unpaired) electrons. The van der Waals surface area contributed by atoms with Crippen LogP contribution >= 0.6 is 0 Å². The van der Waals surface area contributed by atoms with Crippen LogP contribution in [0.5, 0.6) is 0 Å². The van der Waals surface area contributed by atoms with E-state index in [-0.39, 0.29) is 11.9 Å². The Morgan fingerprint density at radius 3 is 2.88 bits per heavy atom. The first kappa shape index (κ1) is 11.7. The van der Waals surface area contributed by atoms with Crippen LogP contribution in [0.3, 0.4) is 0 Å². The lowest BCUT2D eigenvalue weighted by molar-refractivity contribution is 0.402. The predicted molar refractivity (Wildman–Crippen MR) is 58.4 cm³/mol. The number of halogens is 1. The molecule has 6 heteroatoms. The minimum atomic E-state index is -0.332. The largest absolute Gasteiger partial charge is 0.343 e. The molecule has 0 saturated carbocycles. The lowest BCUT2D eigenvalue weighted by Gasteiger charge is -2.14. The van der Waals surface area contributed by atoms with Gasteiger partial charge in [-0.15, -0.1) is 0 Å². The van der Waals surface area contributed by atoms with E-state index in [0.29, 0.717) is 12.4 Å². The Morgan fingerprint density at radius 2 is 2.29 bits per heavy atom. The highest BCUT2D eigenvalue weighted by Gasteiger charge is 2.11. The van der Waals surface area contributed by atoms with Crippen LogP contribution in [-0.2, 0) is 6.54 Å². The second kappa shape index (κ2) is 5.49. The van der Waals surface area contributed by atoms with Crippen molar-refractivity contribution in [2.24, 2.45) is 0 Å². The van der Waals surface area contributed by atoms with Gasteiger partial charge in [0.15, 0.2) is 5.82 Å². The van der Waals surface area contributed by atoms with E-state index in [0.717, 1.165) is 12.1 Å². The molecule has 2 heterocycles. The van der Waals surface area contributed by atoms with Crippen molar-refractivity contribution in [2.75, 3.05) is 0 Å². The van der Waals surface area contributed by atoms with Crippen molar-refractivity contribution in [3.05, 3.63) is 42.1 Å². The fourth-order valence-electron chi connectivity index (χ4n) is 1.54. The smallest absolute Gasteiger partial charge is 0.213 e. The van der Waals surface area contributed by atoms with Crippen molar-refractivity contribution in [2.45, 2.75) is 25.9 Å². The molecule has 0 amide bonds. The highest BCUT2D eigenvalue weighted by Crippen LogP contribution is 2.14. The fraction of sp³-hybridized carbons (Fsp3) is 0.364. The van der Waals surface area contributed by atoms with Crippen LogP contribution in [0, 0.1) is 5.82 Å². The van der Waals surface area contributed by atoms with E-state index in [1.54, 1.807) is 6.07 Å². The number of hydrogen-bond acceptors (Lipinski definition) is 5. The van der Waals surface area contributed by atoms with Gasteiger partial charge >= 0.3 is 0 Å². The van der Waals surface area contributed by atoms with Gasteiger partial charge in [0.05, 0.1) is 18.4 Å². The summed E-state index contributed by atoms with van der Waals surface area (Å²) in [5, 5.41) is 6.94. The maximum Gasteiger partial charge on any atom is 0.213 e. The number of nitrogens with zero attached hydrogens (tertiary/aromatic N) is 3. The number of hydrogen-bond donors (Lipinski definition) is 1. The second-order valence-electron chi connectivity index (χ2n) is 3.59. The molecule has 0 aliphatic rings. The highest BCUT2D eigenvalue weighted by molar-refractivity contribution is 5.09. The zero-order chi connectivity index (χ0) is 12.1. The van der Waals surface area contributed by atoms with E-state index in [1.165, 1.54) is 18.7 Å². The number of nitrogens with one attached hydrogen (secondary N) is 1. The zero-order valence-electron chi connectivity index (χ0n) is 9.43. The molecule has 2 rings (SSSR count). The monoisotopic (exact) mass is 236 g/mol. The summed E-state index contributed by atoms with van der Waals surface area (Å²) in [5.74, 6) is 0.257. The van der Waals surface area contributed by atoms with E-state index >= 15 is 0 Å². The third-order valence-corrected chi connectivity index (χ3v) is 2.43. The van der Waals surface area contributed by atoms with Crippen LogP contribution in [0.2, 0.25) is 0 Å². The molecule has 0 fully saturated rings. The molecule has 1 N–H and O–H groups in total. The molecule has 5 nitrogen and oxygen atoms in total. The Morgan fingerprint density at radius 1 is 1.41 bits per heavy atom. The van der Waals surface area contributed by atoms with Crippen molar-refractivity contribution in [3.8, 4) is 0 Å². The quantitative estimate of drug-likeness (QED) is 0.858. The molecule has 1 atom stereocenters. The Hall–Kier alpha value is -1.82. The molecule has 0 saturated heterocycles. The molecule has 17 heavy (non-hydrogen) atoms. The number of pyridine rings is 1. The summed E-state index contributed by atoms with van der Waals surface area (Å²) in [6.45, 7) is 2.52. The van der Waals surface area contributed by atoms with Crippen LogP contribution < -0.4 is 5.32 Å². The van der Waals surface area contributed by atoms with Crippen molar-refractivity contribution in [3.63, 3.8) is 0 Å². The number of rotatable bonds is 5. The highest BCUT2D eigenvalue weighted by atomic mass is 19.1. The summed E-state index contributed by atoms with van der Waals surface area (Å²) in [5.41, 5.74) is 0.803. The standard InChI is InChI=1S/C11H13FN4O/c1-2-9(10-4-3-8(12)5-13-10)14-6-11-15-7-17-16-11/h3-5,7,9,14H,2,6H2,1H3. The average molecular weight is 236 g/mol. The van der Waals surface area contributed by atoms with Gasteiger partial charge in [0, 0.05) is 6.04 Å². The van der Waals surface area contributed by atoms with Gasteiger partial charge < -0.3 is 9.84 Å². The van der Waals surface area contributed by atoms with Crippen molar-refractivity contribution in [1.29, 1.82) is 0 Å². The van der Waals surface area contributed by atoms with Crippen molar-refractivity contribution in [1.82, 2.24) is 20.4 Å². The summed E-state index contributed by atoms with van der Waals surface area (Å²) in [4.78, 5) is 7.96. The molecule has 2 aromatic rings. The van der Waals surface area contributed by atoms with Gasteiger partial charge in [-0.25, -0.2) is 4.39 Å². The minimum Gasteiger partial charge on any atom is -0.343 e. The van der Waals surface area contributed by atoms with Gasteiger partial charge in [-0.3, -0.25) is 4.98 Å². The molecule has 1 unspecified atom stereocenters. The Labute approximate surface area is 98.1 Å². The van der Waals surface area contributed by atoms with Crippen LogP contribution in [0.25, 0.3) is 0 Å². The summed E-state index contributed by atoms with van der Waals surface area (Å²) < 4.78 is 17.4. The van der Waals surface area contributed by atoms with Gasteiger partial charge in [-0.05, 0) is 18.6 Å². The first-order valence-electron chi connectivity index (χ1n) is 5.39. The molecule has 0 bridgehead atoms. The van der Waals surface area contributed by atoms with E-state index < -0.39 is 0 Å². The Bertz CT molecular complexity index is 443. The van der Waals surface area contributed by atoms with Crippen LogP contribution in [0.1, 0.15) is 30.9 Å². The van der Waals surface area contributed by atoms with E-state index in [9.17, 15) is 4.39 Å². The van der Waals surface area contributed by atoms with Gasteiger partial charge in [-0.2, -0.15) is 4.98 Å². The molecular formula is C11H13FN4O. The summed E-state index contributed by atoms with van der Waals surface area (Å²) in [6.07, 6.45) is 3.35. The third kappa shape index (κ3) is 3.07. The fourth-order valence-corrected chi connectivity index (χ4v) is 1.54.